The first-order chi connectivity index (χ1) is 15.1. The van der Waals surface area contributed by atoms with Gasteiger partial charge in [0.15, 0.2) is 28.8 Å². The van der Waals surface area contributed by atoms with Gasteiger partial charge in [-0.05, 0) is 29.8 Å². The molecule has 1 saturated heterocycles. The maximum absolute atomic E-state index is 12.4. The average Bonchev–Trinajstić information content (AvgIpc) is 2.76. The number of aromatic hydroxyl groups is 4. The summed E-state index contributed by atoms with van der Waals surface area (Å²) >= 11 is 0. The highest BCUT2D eigenvalue weighted by Crippen LogP contribution is 2.36. The molecule has 1 fully saturated rings. The number of rotatable bonds is 6. The van der Waals surface area contributed by atoms with Gasteiger partial charge in [0.2, 0.25) is 6.29 Å². The van der Waals surface area contributed by atoms with Crippen LogP contribution in [0.5, 0.6) is 28.7 Å². The molecule has 32 heavy (non-hydrogen) atoms. The molecule has 3 rings (SSSR count). The molecule has 0 bridgehead atoms. The van der Waals surface area contributed by atoms with Crippen LogP contribution in [0, 0.1) is 0 Å². The van der Waals surface area contributed by atoms with E-state index in [9.17, 15) is 45.6 Å². The second kappa shape index (κ2) is 9.42. The lowest BCUT2D eigenvalue weighted by Gasteiger charge is -2.39. The van der Waals surface area contributed by atoms with Crippen molar-refractivity contribution in [3.8, 4) is 28.7 Å². The lowest BCUT2D eigenvalue weighted by Crippen LogP contribution is -2.60. The molecule has 8 N–H and O–H groups in total. The molecule has 0 radical (unpaired) electrons. The van der Waals surface area contributed by atoms with Gasteiger partial charge in [0.1, 0.15) is 30.2 Å². The summed E-state index contributed by atoms with van der Waals surface area (Å²) in [5.41, 5.74) is 0.0998. The molecular formula is C21H22O11. The summed E-state index contributed by atoms with van der Waals surface area (Å²) in [5, 5.41) is 78.0. The van der Waals surface area contributed by atoms with Crippen molar-refractivity contribution in [2.75, 3.05) is 6.61 Å². The van der Waals surface area contributed by atoms with Crippen LogP contribution in [0.2, 0.25) is 0 Å². The summed E-state index contributed by atoms with van der Waals surface area (Å²) in [6, 6.07) is 5.69. The van der Waals surface area contributed by atoms with Crippen LogP contribution in [0.3, 0.4) is 0 Å². The minimum absolute atomic E-state index is 0.289. The van der Waals surface area contributed by atoms with Gasteiger partial charge in [0, 0.05) is 6.07 Å². The van der Waals surface area contributed by atoms with Crippen molar-refractivity contribution in [3.63, 3.8) is 0 Å². The van der Waals surface area contributed by atoms with E-state index in [0.29, 0.717) is 5.56 Å². The summed E-state index contributed by atoms with van der Waals surface area (Å²) < 4.78 is 10.4. The fourth-order valence-electron chi connectivity index (χ4n) is 3.05. The van der Waals surface area contributed by atoms with Crippen molar-refractivity contribution in [1.82, 2.24) is 0 Å². The molecule has 1 heterocycles. The second-order valence-corrected chi connectivity index (χ2v) is 7.10. The zero-order valence-corrected chi connectivity index (χ0v) is 16.4. The Balaban J connectivity index is 1.78. The molecular weight excluding hydrogens is 428 g/mol. The number of aliphatic hydroxyl groups excluding tert-OH is 4. The number of benzene rings is 2. The highest BCUT2D eigenvalue weighted by Gasteiger charge is 2.45. The quantitative estimate of drug-likeness (QED) is 0.123. The molecule has 0 aromatic heterocycles. The molecule has 2 aromatic rings. The van der Waals surface area contributed by atoms with E-state index in [0.717, 1.165) is 18.2 Å². The number of carbonyl (C=O) groups excluding carboxylic acids is 1. The Morgan fingerprint density at radius 1 is 0.906 bits per heavy atom. The number of phenolic OH excluding ortho intramolecular Hbond substituents is 4. The van der Waals surface area contributed by atoms with E-state index < -0.39 is 60.3 Å². The van der Waals surface area contributed by atoms with Crippen LogP contribution in [-0.2, 0) is 4.74 Å². The van der Waals surface area contributed by atoms with E-state index in [1.807, 2.05) is 0 Å². The van der Waals surface area contributed by atoms with Gasteiger partial charge in [0.05, 0.1) is 12.2 Å². The molecule has 1 aliphatic rings. The Hall–Kier alpha value is -3.35. The van der Waals surface area contributed by atoms with Crippen molar-refractivity contribution in [2.45, 2.75) is 30.7 Å². The van der Waals surface area contributed by atoms with E-state index in [1.165, 1.54) is 24.3 Å². The number of carbonyl (C=O) groups is 1. The largest absolute Gasteiger partial charge is 0.507 e. The highest BCUT2D eigenvalue weighted by atomic mass is 16.7. The van der Waals surface area contributed by atoms with Crippen LogP contribution < -0.4 is 4.74 Å². The van der Waals surface area contributed by atoms with E-state index in [-0.39, 0.29) is 17.1 Å². The molecule has 11 heteroatoms. The van der Waals surface area contributed by atoms with Gasteiger partial charge >= 0.3 is 0 Å². The second-order valence-electron chi connectivity index (χ2n) is 7.10. The van der Waals surface area contributed by atoms with Crippen LogP contribution in [0.4, 0.5) is 0 Å². The lowest BCUT2D eigenvalue weighted by molar-refractivity contribution is -0.277. The van der Waals surface area contributed by atoms with Crippen LogP contribution >= 0.6 is 0 Å². The van der Waals surface area contributed by atoms with Gasteiger partial charge in [-0.2, -0.15) is 0 Å². The minimum atomic E-state index is -1.74. The van der Waals surface area contributed by atoms with E-state index in [4.69, 9.17) is 9.47 Å². The fourth-order valence-corrected chi connectivity index (χ4v) is 3.05. The van der Waals surface area contributed by atoms with Crippen LogP contribution in [0.25, 0.3) is 6.08 Å². The maximum Gasteiger partial charge on any atom is 0.229 e. The molecule has 2 unspecified atom stereocenters. The molecule has 0 amide bonds. The Bertz CT molecular complexity index is 1020. The van der Waals surface area contributed by atoms with E-state index >= 15 is 0 Å². The first-order valence-electron chi connectivity index (χ1n) is 9.40. The topological polar surface area (TPSA) is 197 Å². The molecule has 0 spiro atoms. The zero-order valence-electron chi connectivity index (χ0n) is 16.4. The molecule has 172 valence electrons. The van der Waals surface area contributed by atoms with Gasteiger partial charge in [0.25, 0.3) is 0 Å². The highest BCUT2D eigenvalue weighted by molar-refractivity contribution is 6.09. The van der Waals surface area contributed by atoms with Crippen LogP contribution in [0.1, 0.15) is 15.9 Å². The smallest absolute Gasteiger partial charge is 0.229 e. The predicted octanol–water partition coefficient (Wildman–Crippen LogP) is -0.416. The normalized spacial score (nSPS) is 25.7. The molecule has 2 aromatic carbocycles. The van der Waals surface area contributed by atoms with Gasteiger partial charge in [-0.25, -0.2) is 0 Å². The summed E-state index contributed by atoms with van der Waals surface area (Å²) in [7, 11) is 0. The summed E-state index contributed by atoms with van der Waals surface area (Å²) in [4.78, 5) is 12.4. The minimum Gasteiger partial charge on any atom is -0.507 e. The Morgan fingerprint density at radius 2 is 1.62 bits per heavy atom. The van der Waals surface area contributed by atoms with Crippen LogP contribution in [-0.4, -0.2) is 83.9 Å². The summed E-state index contributed by atoms with van der Waals surface area (Å²) in [6.45, 7) is -0.680. The van der Waals surface area contributed by atoms with Gasteiger partial charge in [-0.1, -0.05) is 12.1 Å². The standard InChI is InChI=1S/C21H22O11/c22-8-17-18(28)19(29)20(30)21(32-17)31-16-7-13(25)10(6-15(16)27)11(23)3-1-9-2-4-12(24)14(26)5-9/h1-7,17-22,24-30H,8H2/b3-1+/t17?,18-,19+,20?,21-/m1/s1. The number of hydrogen-bond acceptors (Lipinski definition) is 11. The molecule has 0 aliphatic carbocycles. The number of phenols is 4. The Kier molecular flexibility index (Phi) is 6.87. The number of hydrogen-bond donors (Lipinski definition) is 8. The average molecular weight is 450 g/mol. The molecule has 11 nitrogen and oxygen atoms in total. The lowest BCUT2D eigenvalue weighted by atomic mass is 9.99. The first-order valence-corrected chi connectivity index (χ1v) is 9.40. The molecule has 5 atom stereocenters. The van der Waals surface area contributed by atoms with E-state index in [1.54, 1.807) is 0 Å². The van der Waals surface area contributed by atoms with Crippen molar-refractivity contribution in [1.29, 1.82) is 0 Å². The predicted molar refractivity (Wildman–Crippen MR) is 107 cm³/mol. The third-order valence-corrected chi connectivity index (χ3v) is 4.86. The third kappa shape index (κ3) is 4.77. The number of ether oxygens (including phenoxy) is 2. The van der Waals surface area contributed by atoms with E-state index in [2.05, 4.69) is 0 Å². The Labute approximate surface area is 181 Å². The summed E-state index contributed by atoms with van der Waals surface area (Å²) in [5.74, 6) is -2.98. The SMILES string of the molecule is O=C(/C=C/c1ccc(O)c(O)c1)c1cc(O)c(O[C@@H]2OC(CO)[C@@H](O)[C@H](O)C2O)cc1O. The maximum atomic E-state index is 12.4. The third-order valence-electron chi connectivity index (χ3n) is 4.86. The number of ketones is 1. The van der Waals surface area contributed by atoms with Crippen molar-refractivity contribution >= 4 is 11.9 Å². The van der Waals surface area contributed by atoms with Gasteiger partial charge in [-0.3, -0.25) is 4.79 Å². The van der Waals surface area contributed by atoms with Crippen molar-refractivity contribution in [2.24, 2.45) is 0 Å². The number of aliphatic hydroxyl groups is 4. The van der Waals surface area contributed by atoms with Crippen molar-refractivity contribution < 1.29 is 55.1 Å². The molecule has 1 aliphatic heterocycles. The summed E-state index contributed by atoms with van der Waals surface area (Å²) in [6.07, 6.45) is -5.49. The van der Waals surface area contributed by atoms with Crippen LogP contribution in [0.15, 0.2) is 36.4 Å². The fraction of sp³-hybridized carbons (Fsp3) is 0.286. The van der Waals surface area contributed by atoms with Crippen molar-refractivity contribution in [3.05, 3.63) is 47.5 Å². The first kappa shape index (κ1) is 23.3. The Morgan fingerprint density at radius 3 is 2.28 bits per heavy atom. The van der Waals surface area contributed by atoms with Gasteiger partial charge < -0.3 is 50.3 Å². The molecule has 0 saturated carbocycles. The zero-order chi connectivity index (χ0) is 23.6. The monoisotopic (exact) mass is 450 g/mol. The number of allylic oxidation sites excluding steroid dienone is 1. The van der Waals surface area contributed by atoms with Gasteiger partial charge in [-0.15, -0.1) is 0 Å².